The fourth-order valence-electron chi connectivity index (χ4n) is 2.21. The van der Waals surface area contributed by atoms with Gasteiger partial charge in [0.25, 0.3) is 0 Å². The van der Waals surface area contributed by atoms with E-state index in [-0.39, 0.29) is 12.2 Å². The van der Waals surface area contributed by atoms with Crippen LogP contribution < -0.4 is 0 Å². The smallest absolute Gasteiger partial charge is 0.341 e. The molecule has 0 fully saturated rings. The van der Waals surface area contributed by atoms with Crippen LogP contribution in [0.3, 0.4) is 0 Å². The van der Waals surface area contributed by atoms with Crippen LogP contribution in [0.15, 0.2) is 63.9 Å². The number of fused-ring (bicyclic) bond motifs is 1. The Labute approximate surface area is 141 Å². The van der Waals surface area contributed by atoms with Crippen molar-refractivity contribution in [1.82, 2.24) is 0 Å². The largest absolute Gasteiger partial charge is 0.457 e. The molecular weight excluding hydrogens is 354 g/mol. The van der Waals surface area contributed by atoms with Gasteiger partial charge in [-0.3, -0.25) is 0 Å². The molecular formula is C17H12F2O5S. The van der Waals surface area contributed by atoms with Crippen molar-refractivity contribution in [3.05, 3.63) is 65.9 Å². The molecule has 2 aromatic carbocycles. The number of hydrogen-bond acceptors (Lipinski definition) is 5. The van der Waals surface area contributed by atoms with E-state index in [1.807, 2.05) is 18.2 Å². The van der Waals surface area contributed by atoms with Crippen LogP contribution in [0.2, 0.25) is 0 Å². The van der Waals surface area contributed by atoms with Crippen molar-refractivity contribution in [1.29, 1.82) is 0 Å². The summed E-state index contributed by atoms with van der Waals surface area (Å²) in [6.07, 6.45) is 0. The van der Waals surface area contributed by atoms with Crippen LogP contribution in [-0.2, 0) is 21.2 Å². The summed E-state index contributed by atoms with van der Waals surface area (Å²) >= 11 is 0. The molecule has 8 heteroatoms. The lowest BCUT2D eigenvalue weighted by atomic mass is 10.2. The number of esters is 1. The van der Waals surface area contributed by atoms with Crippen LogP contribution in [-0.4, -0.2) is 20.1 Å². The van der Waals surface area contributed by atoms with Gasteiger partial charge < -0.3 is 9.15 Å². The topological polar surface area (TPSA) is 73.6 Å². The van der Waals surface area contributed by atoms with Gasteiger partial charge >= 0.3 is 11.7 Å². The first-order valence-corrected chi connectivity index (χ1v) is 8.69. The molecule has 0 aliphatic carbocycles. The maximum absolute atomic E-state index is 12.5. The van der Waals surface area contributed by atoms with E-state index in [0.717, 1.165) is 29.7 Å². The Kier molecular flexibility index (Phi) is 4.54. The number of para-hydroxylation sites is 1. The molecule has 1 heterocycles. The molecule has 130 valence electrons. The normalized spacial score (nSPS) is 11.8. The standard InChI is InChI=1S/C17H12F2O5S/c18-17(19)25(21,22)14-7-5-11(6-8-14)16(20)23-10-13-9-12-3-1-2-4-15(12)24-13/h1-9,17H,10H2. The molecule has 0 atom stereocenters. The first-order chi connectivity index (χ1) is 11.9. The van der Waals surface area contributed by atoms with E-state index in [2.05, 4.69) is 0 Å². The van der Waals surface area contributed by atoms with Crippen molar-refractivity contribution in [2.45, 2.75) is 17.3 Å². The average Bonchev–Trinajstić information content (AvgIpc) is 3.02. The summed E-state index contributed by atoms with van der Waals surface area (Å²) < 4.78 is 58.2. The van der Waals surface area contributed by atoms with Crippen molar-refractivity contribution in [3.63, 3.8) is 0 Å². The summed E-state index contributed by atoms with van der Waals surface area (Å²) in [5.74, 6) is -3.79. The Bertz CT molecular complexity index is 974. The van der Waals surface area contributed by atoms with E-state index in [0.29, 0.717) is 11.3 Å². The van der Waals surface area contributed by atoms with E-state index in [4.69, 9.17) is 9.15 Å². The molecule has 0 spiro atoms. The zero-order valence-corrected chi connectivity index (χ0v) is 13.5. The quantitative estimate of drug-likeness (QED) is 0.643. The number of ether oxygens (including phenoxy) is 1. The lowest BCUT2D eigenvalue weighted by molar-refractivity contribution is 0.0447. The summed E-state index contributed by atoms with van der Waals surface area (Å²) in [6.45, 7) is -0.107. The minimum Gasteiger partial charge on any atom is -0.457 e. The van der Waals surface area contributed by atoms with Gasteiger partial charge in [0, 0.05) is 5.39 Å². The molecule has 0 unspecified atom stereocenters. The number of alkyl halides is 2. The Balaban J connectivity index is 1.69. The molecule has 0 amide bonds. The monoisotopic (exact) mass is 366 g/mol. The highest BCUT2D eigenvalue weighted by atomic mass is 32.2. The highest BCUT2D eigenvalue weighted by molar-refractivity contribution is 7.91. The van der Waals surface area contributed by atoms with Crippen LogP contribution in [0.1, 0.15) is 16.1 Å². The van der Waals surface area contributed by atoms with Crippen molar-refractivity contribution in [2.75, 3.05) is 0 Å². The first-order valence-electron chi connectivity index (χ1n) is 7.14. The van der Waals surface area contributed by atoms with Gasteiger partial charge in [0.1, 0.15) is 18.0 Å². The van der Waals surface area contributed by atoms with E-state index in [9.17, 15) is 22.0 Å². The van der Waals surface area contributed by atoms with E-state index in [1.165, 1.54) is 0 Å². The zero-order valence-electron chi connectivity index (χ0n) is 12.7. The number of halogens is 2. The molecule has 3 aromatic rings. The third-order valence-electron chi connectivity index (χ3n) is 3.48. The SMILES string of the molecule is O=C(OCc1cc2ccccc2o1)c1ccc(S(=O)(=O)C(F)F)cc1. The first kappa shape index (κ1) is 17.1. The molecule has 0 aliphatic rings. The highest BCUT2D eigenvalue weighted by Crippen LogP contribution is 2.21. The molecule has 0 saturated carbocycles. The number of furan rings is 1. The predicted octanol–water partition coefficient (Wildman–Crippen LogP) is 3.79. The molecule has 0 bridgehead atoms. The molecule has 5 nitrogen and oxygen atoms in total. The van der Waals surface area contributed by atoms with Crippen LogP contribution in [0.25, 0.3) is 11.0 Å². The number of carbonyl (C=O) groups excluding carboxylic acids is 1. The summed E-state index contributed by atoms with van der Waals surface area (Å²) in [5.41, 5.74) is 0.708. The summed E-state index contributed by atoms with van der Waals surface area (Å²) in [7, 11) is -4.69. The van der Waals surface area contributed by atoms with Crippen molar-refractivity contribution in [2.24, 2.45) is 0 Å². The maximum Gasteiger partial charge on any atom is 0.341 e. The fourth-order valence-corrected chi connectivity index (χ4v) is 2.93. The molecule has 0 saturated heterocycles. The summed E-state index contributed by atoms with van der Waals surface area (Å²) in [5, 5.41) is 0.870. The van der Waals surface area contributed by atoms with Gasteiger partial charge in [-0.15, -0.1) is 0 Å². The second kappa shape index (κ2) is 6.64. The lowest BCUT2D eigenvalue weighted by Gasteiger charge is -2.05. The highest BCUT2D eigenvalue weighted by Gasteiger charge is 2.26. The average molecular weight is 366 g/mol. The Hall–Kier alpha value is -2.74. The number of hydrogen-bond donors (Lipinski definition) is 0. The third kappa shape index (κ3) is 3.53. The van der Waals surface area contributed by atoms with Crippen molar-refractivity contribution >= 4 is 26.8 Å². The zero-order chi connectivity index (χ0) is 18.0. The minimum atomic E-state index is -4.69. The summed E-state index contributed by atoms with van der Waals surface area (Å²) in [6, 6.07) is 13.2. The van der Waals surface area contributed by atoms with E-state index < -0.39 is 26.5 Å². The van der Waals surface area contributed by atoms with E-state index in [1.54, 1.807) is 12.1 Å². The van der Waals surface area contributed by atoms with Gasteiger partial charge in [-0.25, -0.2) is 13.2 Å². The Morgan fingerprint density at radius 3 is 2.40 bits per heavy atom. The third-order valence-corrected chi connectivity index (χ3v) is 4.87. The Morgan fingerprint density at radius 2 is 1.76 bits per heavy atom. The second-order valence-electron chi connectivity index (χ2n) is 5.16. The molecule has 25 heavy (non-hydrogen) atoms. The fraction of sp³-hybridized carbons (Fsp3) is 0.118. The number of sulfone groups is 1. The van der Waals surface area contributed by atoms with Gasteiger partial charge in [-0.05, 0) is 36.4 Å². The van der Waals surface area contributed by atoms with Crippen LogP contribution >= 0.6 is 0 Å². The van der Waals surface area contributed by atoms with Gasteiger partial charge in [0.05, 0.1) is 10.5 Å². The molecule has 0 aliphatic heterocycles. The number of carbonyl (C=O) groups is 1. The van der Waals surface area contributed by atoms with Crippen molar-refractivity contribution in [3.8, 4) is 0 Å². The van der Waals surface area contributed by atoms with Gasteiger partial charge in [0.2, 0.25) is 9.84 Å². The molecule has 1 aromatic heterocycles. The Morgan fingerprint density at radius 1 is 1.08 bits per heavy atom. The number of benzene rings is 2. The van der Waals surface area contributed by atoms with Crippen LogP contribution in [0.5, 0.6) is 0 Å². The second-order valence-corrected chi connectivity index (χ2v) is 7.07. The minimum absolute atomic E-state index is 0.0457. The van der Waals surface area contributed by atoms with Crippen LogP contribution in [0, 0.1) is 0 Å². The van der Waals surface area contributed by atoms with E-state index >= 15 is 0 Å². The van der Waals surface area contributed by atoms with Gasteiger partial charge in [0.15, 0.2) is 0 Å². The van der Waals surface area contributed by atoms with Gasteiger partial charge in [-0.1, -0.05) is 18.2 Å². The molecule has 0 N–H and O–H groups in total. The van der Waals surface area contributed by atoms with Gasteiger partial charge in [-0.2, -0.15) is 8.78 Å². The van der Waals surface area contributed by atoms with Crippen LogP contribution in [0.4, 0.5) is 8.78 Å². The molecule has 0 radical (unpaired) electrons. The lowest BCUT2D eigenvalue weighted by Crippen LogP contribution is -2.12. The summed E-state index contributed by atoms with van der Waals surface area (Å²) in [4.78, 5) is 11.4. The van der Waals surface area contributed by atoms with Crippen molar-refractivity contribution < 1.29 is 31.1 Å². The molecule has 3 rings (SSSR count). The predicted molar refractivity (Wildman–Crippen MR) is 85.0 cm³/mol. The number of rotatable bonds is 5. The maximum atomic E-state index is 12.5.